The molecule has 158 valence electrons. The van der Waals surface area contributed by atoms with Gasteiger partial charge in [-0.05, 0) is 36.8 Å². The number of rotatable bonds is 3. The molecule has 2 saturated heterocycles. The number of anilines is 1. The highest BCUT2D eigenvalue weighted by Gasteiger charge is 2.65. The average Bonchev–Trinajstić information content (AvgIpc) is 3.22. The molecular weight excluding hydrogens is 398 g/mol. The number of benzene rings is 2. The summed E-state index contributed by atoms with van der Waals surface area (Å²) in [5.74, 6) is -2.80. The van der Waals surface area contributed by atoms with Crippen molar-refractivity contribution in [3.05, 3.63) is 59.7 Å². The van der Waals surface area contributed by atoms with Crippen molar-refractivity contribution in [1.82, 2.24) is 9.80 Å². The fourth-order valence-electron chi connectivity index (χ4n) is 5.13. The number of imide groups is 1. The van der Waals surface area contributed by atoms with Gasteiger partial charge in [0.1, 0.15) is 11.8 Å². The minimum Gasteiger partial charge on any atom is -0.497 e. The number of nitrogens with one attached hydrogen (secondary N) is 1. The van der Waals surface area contributed by atoms with Gasteiger partial charge in [-0.15, -0.1) is 0 Å². The van der Waals surface area contributed by atoms with Crippen molar-refractivity contribution in [3.63, 3.8) is 0 Å². The highest BCUT2D eigenvalue weighted by Crippen LogP contribution is 2.52. The molecule has 0 aromatic heterocycles. The molecule has 2 aromatic carbocycles. The van der Waals surface area contributed by atoms with Gasteiger partial charge < -0.3 is 15.0 Å². The third-order valence-electron chi connectivity index (χ3n) is 6.44. The minimum atomic E-state index is -1.07. The van der Waals surface area contributed by atoms with Crippen LogP contribution in [0.25, 0.3) is 0 Å². The zero-order valence-corrected chi connectivity index (χ0v) is 17.1. The topological polar surface area (TPSA) is 96.0 Å². The summed E-state index contributed by atoms with van der Waals surface area (Å²) in [6.07, 6.45) is 0. The predicted molar refractivity (Wildman–Crippen MR) is 110 cm³/mol. The van der Waals surface area contributed by atoms with E-state index in [0.29, 0.717) is 22.6 Å². The Hall–Kier alpha value is -3.68. The largest absolute Gasteiger partial charge is 0.497 e. The number of nitrogens with zero attached hydrogens (tertiary/aromatic N) is 2. The molecule has 5 rings (SSSR count). The number of hydrogen-bond donors (Lipinski definition) is 1. The molecule has 2 fully saturated rings. The van der Waals surface area contributed by atoms with Gasteiger partial charge in [-0.2, -0.15) is 0 Å². The van der Waals surface area contributed by atoms with Crippen molar-refractivity contribution in [2.75, 3.05) is 19.0 Å². The van der Waals surface area contributed by atoms with Gasteiger partial charge in [0.25, 0.3) is 5.91 Å². The molecule has 3 heterocycles. The molecule has 8 nitrogen and oxygen atoms in total. The Labute approximate surface area is 178 Å². The van der Waals surface area contributed by atoms with Gasteiger partial charge in [0.05, 0.1) is 36.2 Å². The minimum absolute atomic E-state index is 0.220. The molecule has 0 spiro atoms. The number of para-hydroxylation sites is 1. The lowest BCUT2D eigenvalue weighted by Crippen LogP contribution is -2.48. The van der Waals surface area contributed by atoms with E-state index in [1.807, 2.05) is 0 Å². The van der Waals surface area contributed by atoms with Crippen molar-refractivity contribution < 1.29 is 23.9 Å². The van der Waals surface area contributed by atoms with E-state index in [2.05, 4.69) is 5.32 Å². The Morgan fingerprint density at radius 3 is 2.35 bits per heavy atom. The molecular formula is C23H21N3O5. The number of carbonyl (C=O) groups is 4. The van der Waals surface area contributed by atoms with Gasteiger partial charge >= 0.3 is 0 Å². The van der Waals surface area contributed by atoms with E-state index in [1.165, 1.54) is 16.9 Å². The van der Waals surface area contributed by atoms with Gasteiger partial charge in [-0.1, -0.05) is 24.3 Å². The molecule has 4 amide bonds. The Morgan fingerprint density at radius 1 is 0.935 bits per heavy atom. The molecule has 0 radical (unpaired) electrons. The van der Waals surface area contributed by atoms with Gasteiger partial charge in [0, 0.05) is 6.54 Å². The molecule has 2 aromatic rings. The lowest BCUT2D eigenvalue weighted by atomic mass is 9.86. The number of ether oxygens (including phenoxy) is 1. The van der Waals surface area contributed by atoms with E-state index in [9.17, 15) is 19.2 Å². The maximum atomic E-state index is 13.7. The first-order valence-electron chi connectivity index (χ1n) is 10.2. The van der Waals surface area contributed by atoms with Gasteiger partial charge in [0.15, 0.2) is 0 Å². The standard InChI is InChI=1S/C23H21N3O5/c1-3-25-22(29)16-17(23(25)30)19-20(27)24-15-10-5-4-9-14(15)21(28)26(19)18(16)12-7-6-8-13(11-12)31-2/h4-11,16-19H,3H2,1-2H3,(H,24,27). The molecule has 8 heteroatoms. The van der Waals surface area contributed by atoms with Crippen molar-refractivity contribution in [3.8, 4) is 5.75 Å². The number of hydrogen-bond acceptors (Lipinski definition) is 5. The second kappa shape index (κ2) is 6.94. The van der Waals surface area contributed by atoms with Crippen LogP contribution in [0.5, 0.6) is 5.75 Å². The van der Waals surface area contributed by atoms with Crippen molar-refractivity contribution >= 4 is 29.3 Å². The average molecular weight is 419 g/mol. The number of carbonyl (C=O) groups excluding carboxylic acids is 4. The quantitative estimate of drug-likeness (QED) is 0.766. The van der Waals surface area contributed by atoms with E-state index >= 15 is 0 Å². The molecule has 4 atom stereocenters. The van der Waals surface area contributed by atoms with Crippen LogP contribution in [0, 0.1) is 11.8 Å². The first-order valence-corrected chi connectivity index (χ1v) is 10.2. The summed E-state index contributed by atoms with van der Waals surface area (Å²) >= 11 is 0. The summed E-state index contributed by atoms with van der Waals surface area (Å²) in [7, 11) is 1.53. The Kier molecular flexibility index (Phi) is 4.32. The van der Waals surface area contributed by atoms with Crippen molar-refractivity contribution in [1.29, 1.82) is 0 Å². The maximum Gasteiger partial charge on any atom is 0.257 e. The number of fused-ring (bicyclic) bond motifs is 4. The van der Waals surface area contributed by atoms with Crippen LogP contribution in [0.1, 0.15) is 28.9 Å². The third-order valence-corrected chi connectivity index (χ3v) is 6.44. The summed E-state index contributed by atoms with van der Waals surface area (Å²) in [6.45, 7) is 1.95. The highest BCUT2D eigenvalue weighted by atomic mass is 16.5. The van der Waals surface area contributed by atoms with E-state index < -0.39 is 35.7 Å². The molecule has 3 aliphatic heterocycles. The predicted octanol–water partition coefficient (Wildman–Crippen LogP) is 1.83. The number of methoxy groups -OCH3 is 1. The monoisotopic (exact) mass is 419 g/mol. The fraction of sp³-hybridized carbons (Fsp3) is 0.304. The van der Waals surface area contributed by atoms with Crippen LogP contribution in [-0.2, 0) is 14.4 Å². The summed E-state index contributed by atoms with van der Waals surface area (Å²) in [5.41, 5.74) is 1.38. The lowest BCUT2D eigenvalue weighted by Gasteiger charge is -2.31. The molecule has 0 saturated carbocycles. The SMILES string of the molecule is CCN1C(=O)C2C(C1=O)C(c1cccc(OC)c1)N1C(=O)c3ccccc3NC(=O)C21. The summed E-state index contributed by atoms with van der Waals surface area (Å²) < 4.78 is 5.34. The van der Waals surface area contributed by atoms with Crippen LogP contribution >= 0.6 is 0 Å². The summed E-state index contributed by atoms with van der Waals surface area (Å²) in [5, 5.41) is 2.79. The third kappa shape index (κ3) is 2.60. The smallest absolute Gasteiger partial charge is 0.257 e. The zero-order valence-electron chi connectivity index (χ0n) is 17.1. The number of likely N-dealkylation sites (tertiary alicyclic amines) is 1. The summed E-state index contributed by atoms with van der Waals surface area (Å²) in [4.78, 5) is 56.0. The van der Waals surface area contributed by atoms with E-state index in [1.54, 1.807) is 55.5 Å². The first-order chi connectivity index (χ1) is 15.0. The zero-order chi connectivity index (χ0) is 21.9. The molecule has 0 aliphatic carbocycles. The maximum absolute atomic E-state index is 13.7. The van der Waals surface area contributed by atoms with Crippen LogP contribution in [0.15, 0.2) is 48.5 Å². The molecule has 1 N–H and O–H groups in total. The van der Waals surface area contributed by atoms with Crippen LogP contribution in [-0.4, -0.2) is 53.1 Å². The Bertz CT molecular complexity index is 1130. The Balaban J connectivity index is 1.73. The van der Waals surface area contributed by atoms with E-state index in [0.717, 1.165) is 0 Å². The first kappa shape index (κ1) is 19.3. The molecule has 4 unspecified atom stereocenters. The second-order valence-electron chi connectivity index (χ2n) is 7.89. The lowest BCUT2D eigenvalue weighted by molar-refractivity contribution is -0.142. The normalized spacial score (nSPS) is 26.9. The second-order valence-corrected chi connectivity index (χ2v) is 7.89. The number of amides is 4. The summed E-state index contributed by atoms with van der Waals surface area (Å²) in [6, 6.07) is 12.0. The van der Waals surface area contributed by atoms with E-state index in [4.69, 9.17) is 4.74 Å². The molecule has 0 bridgehead atoms. The van der Waals surface area contributed by atoms with Gasteiger partial charge in [0.2, 0.25) is 17.7 Å². The van der Waals surface area contributed by atoms with Crippen molar-refractivity contribution in [2.24, 2.45) is 11.8 Å². The van der Waals surface area contributed by atoms with Gasteiger partial charge in [-0.3, -0.25) is 24.1 Å². The van der Waals surface area contributed by atoms with Gasteiger partial charge in [-0.25, -0.2) is 0 Å². The molecule has 3 aliphatic rings. The van der Waals surface area contributed by atoms with Crippen LogP contribution in [0.3, 0.4) is 0 Å². The fourth-order valence-corrected chi connectivity index (χ4v) is 5.13. The van der Waals surface area contributed by atoms with Crippen LogP contribution < -0.4 is 10.1 Å². The molecule has 31 heavy (non-hydrogen) atoms. The van der Waals surface area contributed by atoms with Crippen LogP contribution in [0.2, 0.25) is 0 Å². The Morgan fingerprint density at radius 2 is 1.65 bits per heavy atom. The van der Waals surface area contributed by atoms with E-state index in [-0.39, 0.29) is 18.4 Å². The highest BCUT2D eigenvalue weighted by molar-refractivity contribution is 6.16. The van der Waals surface area contributed by atoms with Crippen molar-refractivity contribution in [2.45, 2.75) is 19.0 Å². The van der Waals surface area contributed by atoms with Crippen LogP contribution in [0.4, 0.5) is 5.69 Å².